The van der Waals surface area contributed by atoms with Crippen molar-refractivity contribution >= 4 is 11.9 Å². The molecule has 4 nitrogen and oxygen atoms in total. The average molecular weight is 236 g/mol. The van der Waals surface area contributed by atoms with Crippen LogP contribution < -0.4 is 0 Å². The topological polar surface area (TPSA) is 52.6 Å². The van der Waals surface area contributed by atoms with Gasteiger partial charge >= 0.3 is 11.9 Å². The van der Waals surface area contributed by atoms with Gasteiger partial charge in [0.15, 0.2) is 0 Å². The number of rotatable bonds is 5. The minimum absolute atomic E-state index is 0.225. The van der Waals surface area contributed by atoms with Gasteiger partial charge in [-0.25, -0.2) is 4.79 Å². The molecule has 0 saturated heterocycles. The molecular weight excluding hydrogens is 220 g/mol. The van der Waals surface area contributed by atoms with Gasteiger partial charge in [-0.2, -0.15) is 0 Å². The molecule has 0 amide bonds. The van der Waals surface area contributed by atoms with Gasteiger partial charge in [-0.15, -0.1) is 0 Å². The van der Waals surface area contributed by atoms with Crippen LogP contribution in [-0.4, -0.2) is 18.5 Å². The molecule has 0 aliphatic rings. The Labute approximate surface area is 101 Å². The van der Waals surface area contributed by atoms with Gasteiger partial charge in [0, 0.05) is 12.0 Å². The molecular formula is C13H16O4. The molecule has 0 saturated carbocycles. The van der Waals surface area contributed by atoms with E-state index >= 15 is 0 Å². The first-order valence-corrected chi connectivity index (χ1v) is 5.60. The summed E-state index contributed by atoms with van der Waals surface area (Å²) in [6, 6.07) is 8.84. The summed E-state index contributed by atoms with van der Waals surface area (Å²) >= 11 is 0. The van der Waals surface area contributed by atoms with Crippen molar-refractivity contribution in [1.82, 2.24) is 0 Å². The lowest BCUT2D eigenvalue weighted by atomic mass is 10.1. The Hall–Kier alpha value is -1.84. The average Bonchev–Trinajstić information content (AvgIpc) is 2.36. The maximum atomic E-state index is 11.7. The van der Waals surface area contributed by atoms with Crippen molar-refractivity contribution < 1.29 is 19.1 Å². The van der Waals surface area contributed by atoms with E-state index in [1.165, 1.54) is 0 Å². The van der Waals surface area contributed by atoms with Crippen LogP contribution in [0.3, 0.4) is 0 Å². The van der Waals surface area contributed by atoms with E-state index < -0.39 is 18.0 Å². The number of carbonyl (C=O) groups is 2. The van der Waals surface area contributed by atoms with Crippen LogP contribution in [0, 0.1) is 0 Å². The molecule has 0 N–H and O–H groups in total. The highest BCUT2D eigenvalue weighted by Gasteiger charge is 2.25. The highest BCUT2D eigenvalue weighted by Crippen LogP contribution is 2.19. The summed E-state index contributed by atoms with van der Waals surface area (Å²) in [5.74, 6) is -0.965. The van der Waals surface area contributed by atoms with E-state index in [4.69, 9.17) is 9.47 Å². The van der Waals surface area contributed by atoms with Crippen LogP contribution >= 0.6 is 0 Å². The van der Waals surface area contributed by atoms with Gasteiger partial charge in [0.05, 0.1) is 6.61 Å². The lowest BCUT2D eigenvalue weighted by Crippen LogP contribution is -2.21. The lowest BCUT2D eigenvalue weighted by molar-refractivity contribution is -0.168. The van der Waals surface area contributed by atoms with E-state index in [0.29, 0.717) is 5.56 Å². The number of esters is 2. The third-order valence-corrected chi connectivity index (χ3v) is 2.14. The van der Waals surface area contributed by atoms with Gasteiger partial charge in [0.2, 0.25) is 6.10 Å². The number of ether oxygens (including phenoxy) is 2. The van der Waals surface area contributed by atoms with E-state index in [9.17, 15) is 9.59 Å². The van der Waals surface area contributed by atoms with Gasteiger partial charge < -0.3 is 9.47 Å². The standard InChI is InChI=1S/C13H16O4/c1-3-11(14)17-12(13(15)16-4-2)10-8-6-5-7-9-10/h5-9,12H,3-4H2,1-2H3/t12-/m1/s1. The van der Waals surface area contributed by atoms with Crippen molar-refractivity contribution in [3.05, 3.63) is 35.9 Å². The van der Waals surface area contributed by atoms with Crippen molar-refractivity contribution in [3.63, 3.8) is 0 Å². The molecule has 1 aromatic carbocycles. The molecule has 0 fully saturated rings. The molecule has 1 rings (SSSR count). The maximum absolute atomic E-state index is 11.7. The molecule has 0 bridgehead atoms. The molecule has 17 heavy (non-hydrogen) atoms. The van der Waals surface area contributed by atoms with E-state index in [1.807, 2.05) is 6.07 Å². The molecule has 0 aliphatic heterocycles. The monoisotopic (exact) mass is 236 g/mol. The highest BCUT2D eigenvalue weighted by molar-refractivity contribution is 5.80. The largest absolute Gasteiger partial charge is 0.463 e. The van der Waals surface area contributed by atoms with Crippen LogP contribution in [0.1, 0.15) is 31.9 Å². The molecule has 1 atom stereocenters. The van der Waals surface area contributed by atoms with Gasteiger partial charge in [0.1, 0.15) is 0 Å². The second-order valence-electron chi connectivity index (χ2n) is 3.39. The molecule has 4 heteroatoms. The fraction of sp³-hybridized carbons (Fsp3) is 0.385. The zero-order valence-corrected chi connectivity index (χ0v) is 10.0. The Morgan fingerprint density at radius 2 is 1.82 bits per heavy atom. The second-order valence-corrected chi connectivity index (χ2v) is 3.39. The first-order valence-electron chi connectivity index (χ1n) is 5.60. The van der Waals surface area contributed by atoms with Crippen LogP contribution in [-0.2, 0) is 19.1 Å². The van der Waals surface area contributed by atoms with Crippen molar-refractivity contribution in [3.8, 4) is 0 Å². The molecule has 0 unspecified atom stereocenters. The van der Waals surface area contributed by atoms with Crippen molar-refractivity contribution in [2.75, 3.05) is 6.61 Å². The normalized spacial score (nSPS) is 11.6. The van der Waals surface area contributed by atoms with Crippen molar-refractivity contribution in [2.24, 2.45) is 0 Å². The Balaban J connectivity index is 2.86. The van der Waals surface area contributed by atoms with Gasteiger partial charge in [-0.3, -0.25) is 4.79 Å². The van der Waals surface area contributed by atoms with E-state index in [1.54, 1.807) is 38.1 Å². The van der Waals surface area contributed by atoms with Crippen LogP contribution in [0.2, 0.25) is 0 Å². The van der Waals surface area contributed by atoms with Crippen LogP contribution in [0.15, 0.2) is 30.3 Å². The van der Waals surface area contributed by atoms with E-state index in [0.717, 1.165) is 0 Å². The molecule has 0 spiro atoms. The predicted molar refractivity (Wildman–Crippen MR) is 62.2 cm³/mol. The molecule has 0 aliphatic carbocycles. The Morgan fingerprint density at radius 1 is 1.18 bits per heavy atom. The molecule has 0 heterocycles. The van der Waals surface area contributed by atoms with Gasteiger partial charge in [-0.05, 0) is 6.92 Å². The van der Waals surface area contributed by atoms with E-state index in [-0.39, 0.29) is 13.0 Å². The number of hydrogen-bond donors (Lipinski definition) is 0. The van der Waals surface area contributed by atoms with Crippen molar-refractivity contribution in [2.45, 2.75) is 26.4 Å². The Kier molecular flexibility index (Phi) is 5.20. The van der Waals surface area contributed by atoms with Gasteiger partial charge in [0.25, 0.3) is 0 Å². The summed E-state index contributed by atoms with van der Waals surface area (Å²) in [5, 5.41) is 0. The first-order chi connectivity index (χ1) is 8.19. The summed E-state index contributed by atoms with van der Waals surface area (Å²) in [7, 11) is 0. The minimum atomic E-state index is -0.969. The highest BCUT2D eigenvalue weighted by atomic mass is 16.6. The maximum Gasteiger partial charge on any atom is 0.352 e. The SMILES string of the molecule is CCOC(=O)[C@H](OC(=O)CC)c1ccccc1. The fourth-order valence-corrected chi connectivity index (χ4v) is 1.31. The zero-order valence-electron chi connectivity index (χ0n) is 10.0. The molecule has 92 valence electrons. The predicted octanol–water partition coefficient (Wildman–Crippen LogP) is 2.24. The quantitative estimate of drug-likeness (QED) is 0.736. The number of benzene rings is 1. The first kappa shape index (κ1) is 13.2. The van der Waals surface area contributed by atoms with Crippen LogP contribution in [0.5, 0.6) is 0 Å². The Bertz CT molecular complexity index is 372. The number of carbonyl (C=O) groups excluding carboxylic acids is 2. The fourth-order valence-electron chi connectivity index (χ4n) is 1.31. The van der Waals surface area contributed by atoms with E-state index in [2.05, 4.69) is 0 Å². The van der Waals surface area contributed by atoms with Gasteiger partial charge in [-0.1, -0.05) is 37.3 Å². The molecule has 1 aromatic rings. The minimum Gasteiger partial charge on any atom is -0.463 e. The van der Waals surface area contributed by atoms with Crippen LogP contribution in [0.4, 0.5) is 0 Å². The molecule has 0 aromatic heterocycles. The summed E-state index contributed by atoms with van der Waals surface area (Å²) in [5.41, 5.74) is 0.618. The third kappa shape index (κ3) is 3.90. The third-order valence-electron chi connectivity index (χ3n) is 2.14. The summed E-state index contributed by atoms with van der Waals surface area (Å²) < 4.78 is 9.97. The zero-order chi connectivity index (χ0) is 12.7. The van der Waals surface area contributed by atoms with Crippen LogP contribution in [0.25, 0.3) is 0 Å². The summed E-state index contributed by atoms with van der Waals surface area (Å²) in [6.45, 7) is 3.64. The Morgan fingerprint density at radius 3 is 2.35 bits per heavy atom. The number of hydrogen-bond acceptors (Lipinski definition) is 4. The second kappa shape index (κ2) is 6.68. The van der Waals surface area contributed by atoms with Crippen molar-refractivity contribution in [1.29, 1.82) is 0 Å². The summed E-state index contributed by atoms with van der Waals surface area (Å²) in [4.78, 5) is 23.0. The lowest BCUT2D eigenvalue weighted by Gasteiger charge is -2.16. The molecule has 0 radical (unpaired) electrons. The smallest absolute Gasteiger partial charge is 0.352 e. The summed E-state index contributed by atoms with van der Waals surface area (Å²) in [6.07, 6.45) is -0.744.